The first-order chi connectivity index (χ1) is 25.0. The van der Waals surface area contributed by atoms with Gasteiger partial charge in [0.2, 0.25) is 0 Å². The maximum absolute atomic E-state index is 9.40. The highest BCUT2D eigenvalue weighted by molar-refractivity contribution is 6.22. The fourth-order valence-electron chi connectivity index (χ4n) is 7.30. The van der Waals surface area contributed by atoms with E-state index in [0.29, 0.717) is 22.3 Å². The highest BCUT2D eigenvalue weighted by Gasteiger charge is 2.18. The number of benzene rings is 9. The van der Waals surface area contributed by atoms with Crippen molar-refractivity contribution in [1.29, 1.82) is 0 Å². The smallest absolute Gasteiger partial charge is 0.143 e. The highest BCUT2D eigenvalue weighted by Crippen LogP contribution is 2.45. The molecule has 0 N–H and O–H groups in total. The van der Waals surface area contributed by atoms with E-state index in [2.05, 4.69) is 48.5 Å². The topological polar surface area (TPSA) is 13.1 Å². The molecule has 218 valence electrons. The van der Waals surface area contributed by atoms with Crippen LogP contribution in [0.4, 0.5) is 0 Å². The molecule has 0 saturated heterocycles. The van der Waals surface area contributed by atoms with E-state index >= 15 is 0 Å². The lowest BCUT2D eigenvalue weighted by molar-refractivity contribution is 0.672. The van der Waals surface area contributed by atoms with Crippen molar-refractivity contribution in [3.05, 3.63) is 170 Å². The number of hydrogen-bond donors (Lipinski definition) is 0. The Bertz CT molecular complexity index is 3000. The molecule has 0 aliphatic carbocycles. The van der Waals surface area contributed by atoms with E-state index in [1.54, 1.807) is 0 Å². The van der Waals surface area contributed by atoms with Gasteiger partial charge in [0, 0.05) is 16.2 Å². The van der Waals surface area contributed by atoms with Crippen LogP contribution < -0.4 is 0 Å². The van der Waals surface area contributed by atoms with Crippen LogP contribution in [0.25, 0.3) is 98.4 Å². The second-order valence-corrected chi connectivity index (χ2v) is 12.1. The Morgan fingerprint density at radius 2 is 0.872 bits per heavy atom. The molecule has 10 rings (SSSR count). The van der Waals surface area contributed by atoms with Crippen LogP contribution >= 0.6 is 0 Å². The molecule has 1 heterocycles. The van der Waals surface area contributed by atoms with Gasteiger partial charge in [0.25, 0.3) is 0 Å². The van der Waals surface area contributed by atoms with Crippen molar-refractivity contribution in [3.63, 3.8) is 0 Å². The standard InChI is InChI=1S/C46H28O/c1-2-11-33-27-34(22-19-29(33)9-1)30-17-20-32(21-18-30)44-37-13-5-7-15-39(37)45(40-16-8-6-14-38(40)44)35-24-26-43-42(28-35)41-25-23-31-10-3-4-12-36(31)46(41)47-43/h1-28H/i17D,18D,20D,21D. The minimum absolute atomic E-state index is 0.0525. The Hall–Kier alpha value is -6.18. The van der Waals surface area contributed by atoms with Crippen molar-refractivity contribution in [2.45, 2.75) is 0 Å². The quantitative estimate of drug-likeness (QED) is 0.184. The van der Waals surface area contributed by atoms with Gasteiger partial charge < -0.3 is 4.42 Å². The summed E-state index contributed by atoms with van der Waals surface area (Å²) in [5.41, 5.74) is 5.75. The minimum atomic E-state index is -0.0549. The normalized spacial score (nSPS) is 13.0. The molecule has 1 aromatic heterocycles. The van der Waals surface area contributed by atoms with Gasteiger partial charge in [0.05, 0.1) is 5.48 Å². The molecule has 0 saturated carbocycles. The van der Waals surface area contributed by atoms with E-state index in [1.165, 1.54) is 0 Å². The maximum Gasteiger partial charge on any atom is 0.143 e. The lowest BCUT2D eigenvalue weighted by Crippen LogP contribution is -1.91. The molecule has 1 nitrogen and oxygen atoms in total. The predicted octanol–water partition coefficient (Wildman–Crippen LogP) is 13.2. The van der Waals surface area contributed by atoms with Crippen molar-refractivity contribution in [2.75, 3.05) is 0 Å². The lowest BCUT2D eigenvalue weighted by atomic mass is 9.85. The number of hydrogen-bond acceptors (Lipinski definition) is 1. The molecule has 0 aliphatic rings. The predicted molar refractivity (Wildman–Crippen MR) is 200 cm³/mol. The van der Waals surface area contributed by atoms with Gasteiger partial charge in [-0.15, -0.1) is 0 Å². The van der Waals surface area contributed by atoms with E-state index in [9.17, 15) is 5.48 Å². The summed E-state index contributed by atoms with van der Waals surface area (Å²) in [5.74, 6) is 0. The van der Waals surface area contributed by atoms with Crippen LogP contribution in [-0.4, -0.2) is 0 Å². The summed E-state index contributed by atoms with van der Waals surface area (Å²) in [6.07, 6.45) is 0. The van der Waals surface area contributed by atoms with Gasteiger partial charge in [-0.3, -0.25) is 0 Å². The molecule has 0 radical (unpaired) electrons. The summed E-state index contributed by atoms with van der Waals surface area (Å²) in [6, 6.07) is 48.7. The first kappa shape index (κ1) is 22.3. The average molecular weight is 601 g/mol. The van der Waals surface area contributed by atoms with Crippen LogP contribution in [0, 0.1) is 0 Å². The van der Waals surface area contributed by atoms with Crippen molar-refractivity contribution < 1.29 is 9.90 Å². The molecule has 0 atom stereocenters. The van der Waals surface area contributed by atoms with Gasteiger partial charge in [-0.2, -0.15) is 0 Å². The molecule has 9 aromatic carbocycles. The van der Waals surface area contributed by atoms with E-state index in [4.69, 9.17) is 4.42 Å². The van der Waals surface area contributed by atoms with Crippen LogP contribution in [0.2, 0.25) is 0 Å². The summed E-state index contributed by atoms with van der Waals surface area (Å²) < 4.78 is 43.7. The van der Waals surface area contributed by atoms with Gasteiger partial charge in [-0.05, 0) is 95.3 Å². The second-order valence-electron chi connectivity index (χ2n) is 12.1. The molecule has 0 unspecified atom stereocenters. The van der Waals surface area contributed by atoms with Crippen LogP contribution in [0.3, 0.4) is 0 Å². The van der Waals surface area contributed by atoms with E-state index in [0.717, 1.165) is 76.2 Å². The van der Waals surface area contributed by atoms with E-state index < -0.39 is 0 Å². The molecule has 0 spiro atoms. The Labute approximate surface area is 277 Å². The lowest BCUT2D eigenvalue weighted by Gasteiger charge is -2.18. The van der Waals surface area contributed by atoms with Gasteiger partial charge in [0.1, 0.15) is 11.2 Å². The number of rotatable bonds is 3. The summed E-state index contributed by atoms with van der Waals surface area (Å²) in [4.78, 5) is 0. The Kier molecular flexibility index (Phi) is 4.83. The zero-order valence-corrected chi connectivity index (χ0v) is 25.3. The fraction of sp³-hybridized carbons (Fsp3) is 0. The maximum atomic E-state index is 9.40. The largest absolute Gasteiger partial charge is 0.455 e. The second kappa shape index (κ2) is 10.2. The van der Waals surface area contributed by atoms with E-state index in [1.807, 2.05) is 97.1 Å². The molecular formula is C46H28O. The number of fused-ring (bicyclic) bond motifs is 8. The van der Waals surface area contributed by atoms with Crippen molar-refractivity contribution in [2.24, 2.45) is 0 Å². The first-order valence-corrected chi connectivity index (χ1v) is 15.9. The fourth-order valence-corrected chi connectivity index (χ4v) is 7.30. The first-order valence-electron chi connectivity index (χ1n) is 17.9. The van der Waals surface area contributed by atoms with Crippen molar-refractivity contribution >= 4 is 65.0 Å². The molecule has 0 amide bonds. The summed E-state index contributed by atoms with van der Waals surface area (Å²) in [6.45, 7) is 0. The van der Waals surface area contributed by atoms with Crippen LogP contribution in [0.1, 0.15) is 5.48 Å². The van der Waals surface area contributed by atoms with Crippen LogP contribution in [0.15, 0.2) is 174 Å². The van der Waals surface area contributed by atoms with Gasteiger partial charge in [-0.1, -0.05) is 145 Å². The Balaban J connectivity index is 1.24. The molecule has 10 aromatic rings. The molecular weight excluding hydrogens is 569 g/mol. The van der Waals surface area contributed by atoms with Crippen LogP contribution in [-0.2, 0) is 0 Å². The monoisotopic (exact) mass is 600 g/mol. The highest BCUT2D eigenvalue weighted by atomic mass is 16.3. The summed E-state index contributed by atoms with van der Waals surface area (Å²) in [7, 11) is 0. The Morgan fingerprint density at radius 1 is 0.340 bits per heavy atom. The zero-order valence-electron chi connectivity index (χ0n) is 29.3. The minimum Gasteiger partial charge on any atom is -0.455 e. The van der Waals surface area contributed by atoms with Crippen molar-refractivity contribution in [1.82, 2.24) is 0 Å². The molecule has 47 heavy (non-hydrogen) atoms. The van der Waals surface area contributed by atoms with Crippen LogP contribution in [0.5, 0.6) is 0 Å². The van der Waals surface area contributed by atoms with Gasteiger partial charge in [-0.25, -0.2) is 0 Å². The molecule has 0 aliphatic heterocycles. The van der Waals surface area contributed by atoms with Gasteiger partial charge >= 0.3 is 0 Å². The number of furan rings is 1. The summed E-state index contributed by atoms with van der Waals surface area (Å²) in [5, 5.41) is 10.0. The van der Waals surface area contributed by atoms with Crippen molar-refractivity contribution in [3.8, 4) is 33.4 Å². The third-order valence-electron chi connectivity index (χ3n) is 9.49. The summed E-state index contributed by atoms with van der Waals surface area (Å²) >= 11 is 0. The molecule has 1 heteroatoms. The SMILES string of the molecule is [2H]c1c([2H])c(-c2c3ccccc3c(-c3ccc4oc5c6ccccc6ccc5c4c3)c3ccccc23)c([2H])c([2H])c1-c1ccc2ccccc2c1. The van der Waals surface area contributed by atoms with E-state index in [-0.39, 0.29) is 24.2 Å². The molecule has 0 fully saturated rings. The Morgan fingerprint density at radius 3 is 1.57 bits per heavy atom. The molecule has 0 bridgehead atoms. The zero-order chi connectivity index (χ0) is 34.4. The van der Waals surface area contributed by atoms with Gasteiger partial charge in [0.15, 0.2) is 0 Å². The third-order valence-corrected chi connectivity index (χ3v) is 9.49. The third kappa shape index (κ3) is 4.03. The average Bonchev–Trinajstić information content (AvgIpc) is 3.55.